The molecule has 0 aliphatic rings. The molecule has 1 N–H and O–H groups in total. The summed E-state index contributed by atoms with van der Waals surface area (Å²) in [6.45, 7) is 2.07. The number of amides is 2. The second kappa shape index (κ2) is 11.0. The first kappa shape index (κ1) is 23.6. The van der Waals surface area contributed by atoms with E-state index >= 15 is 0 Å². The monoisotopic (exact) mass is 494 g/mol. The van der Waals surface area contributed by atoms with Crippen molar-refractivity contribution in [2.45, 2.75) is 32.5 Å². The predicted molar refractivity (Wildman–Crippen MR) is 132 cm³/mol. The van der Waals surface area contributed by atoms with Crippen molar-refractivity contribution in [2.75, 3.05) is 4.90 Å². The third-order valence-electron chi connectivity index (χ3n) is 5.16. The molecule has 174 valence electrons. The highest BCUT2D eigenvalue weighted by atomic mass is 35.5. The molecular weight excluding hydrogens is 472 g/mol. The van der Waals surface area contributed by atoms with Crippen LogP contribution in [0.15, 0.2) is 72.1 Å². The fraction of sp³-hybridized carbons (Fsp3) is 0.208. The van der Waals surface area contributed by atoms with Crippen LogP contribution in [0, 0.1) is 0 Å². The number of rotatable bonds is 9. The van der Waals surface area contributed by atoms with Crippen molar-refractivity contribution >= 4 is 40.4 Å². The molecule has 8 nitrogen and oxygen atoms in total. The van der Waals surface area contributed by atoms with Gasteiger partial charge in [0, 0.05) is 17.3 Å². The van der Waals surface area contributed by atoms with E-state index in [0.29, 0.717) is 29.5 Å². The molecule has 2 heterocycles. The van der Waals surface area contributed by atoms with Gasteiger partial charge in [-0.3, -0.25) is 14.5 Å². The van der Waals surface area contributed by atoms with Crippen molar-refractivity contribution in [1.29, 1.82) is 0 Å². The summed E-state index contributed by atoms with van der Waals surface area (Å²) >= 11 is 7.55. The van der Waals surface area contributed by atoms with Gasteiger partial charge in [0.2, 0.25) is 11.7 Å². The number of nitrogens with one attached hydrogen (secondary N) is 1. The second-order valence-corrected chi connectivity index (χ2v) is 8.87. The first-order valence-corrected chi connectivity index (χ1v) is 12.0. The molecule has 10 heteroatoms. The SMILES string of the molecule is CC[C@H](C(=O)NCc1ccccc1)N(C(=O)Cn1nnc(-c2cccs2)n1)c1ccc(Cl)cc1. The molecule has 4 rings (SSSR count). The third kappa shape index (κ3) is 5.67. The fourth-order valence-corrected chi connectivity index (χ4v) is 4.27. The smallest absolute Gasteiger partial charge is 0.251 e. The van der Waals surface area contributed by atoms with Crippen molar-refractivity contribution in [3.05, 3.63) is 82.7 Å². The van der Waals surface area contributed by atoms with Crippen LogP contribution in [0.25, 0.3) is 10.7 Å². The molecule has 2 aromatic carbocycles. The average Bonchev–Trinajstić information content (AvgIpc) is 3.54. The van der Waals surface area contributed by atoms with Crippen LogP contribution in [0.5, 0.6) is 0 Å². The van der Waals surface area contributed by atoms with E-state index in [4.69, 9.17) is 11.6 Å². The Balaban J connectivity index is 1.55. The van der Waals surface area contributed by atoms with E-state index in [1.54, 1.807) is 24.3 Å². The fourth-order valence-electron chi connectivity index (χ4n) is 3.50. The summed E-state index contributed by atoms with van der Waals surface area (Å²) in [7, 11) is 0. The van der Waals surface area contributed by atoms with Crippen LogP contribution in [-0.2, 0) is 22.7 Å². The number of carbonyl (C=O) groups excluding carboxylic acids is 2. The lowest BCUT2D eigenvalue weighted by molar-refractivity contribution is -0.127. The van der Waals surface area contributed by atoms with E-state index in [-0.39, 0.29) is 18.4 Å². The maximum absolute atomic E-state index is 13.5. The van der Waals surface area contributed by atoms with Crippen molar-refractivity contribution in [1.82, 2.24) is 25.5 Å². The normalized spacial score (nSPS) is 11.7. The number of carbonyl (C=O) groups is 2. The largest absolute Gasteiger partial charge is 0.350 e. The molecule has 0 spiro atoms. The van der Waals surface area contributed by atoms with Crippen LogP contribution in [0.3, 0.4) is 0 Å². The van der Waals surface area contributed by atoms with Crippen LogP contribution < -0.4 is 10.2 Å². The molecule has 4 aromatic rings. The van der Waals surface area contributed by atoms with E-state index in [1.807, 2.05) is 54.8 Å². The van der Waals surface area contributed by atoms with Crippen molar-refractivity contribution in [2.24, 2.45) is 0 Å². The van der Waals surface area contributed by atoms with Gasteiger partial charge in [-0.1, -0.05) is 54.9 Å². The predicted octanol–water partition coefficient (Wildman–Crippen LogP) is 4.18. The van der Waals surface area contributed by atoms with E-state index in [1.165, 1.54) is 21.0 Å². The Labute approximate surface area is 206 Å². The summed E-state index contributed by atoms with van der Waals surface area (Å²) < 4.78 is 0. The number of anilines is 1. The molecule has 0 fully saturated rings. The van der Waals surface area contributed by atoms with E-state index in [0.717, 1.165) is 10.4 Å². The molecule has 0 bridgehead atoms. The van der Waals surface area contributed by atoms with E-state index < -0.39 is 6.04 Å². The van der Waals surface area contributed by atoms with Gasteiger partial charge < -0.3 is 5.32 Å². The molecule has 0 aliphatic carbocycles. The van der Waals surface area contributed by atoms with Crippen molar-refractivity contribution in [3.8, 4) is 10.7 Å². The van der Waals surface area contributed by atoms with Crippen LogP contribution in [0.1, 0.15) is 18.9 Å². The Morgan fingerprint density at radius 1 is 1.09 bits per heavy atom. The molecule has 0 saturated carbocycles. The summed E-state index contributed by atoms with van der Waals surface area (Å²) in [5, 5.41) is 17.8. The van der Waals surface area contributed by atoms with Gasteiger partial charge in [0.05, 0.1) is 4.88 Å². The highest BCUT2D eigenvalue weighted by Crippen LogP contribution is 2.23. The minimum Gasteiger partial charge on any atom is -0.350 e. The zero-order valence-electron chi connectivity index (χ0n) is 18.5. The number of nitrogens with zero attached hydrogens (tertiary/aromatic N) is 5. The maximum atomic E-state index is 13.5. The first-order chi connectivity index (χ1) is 16.5. The van der Waals surface area contributed by atoms with Crippen molar-refractivity contribution < 1.29 is 9.59 Å². The lowest BCUT2D eigenvalue weighted by Gasteiger charge is -2.30. The highest BCUT2D eigenvalue weighted by molar-refractivity contribution is 7.13. The van der Waals surface area contributed by atoms with Gasteiger partial charge in [-0.15, -0.1) is 21.5 Å². The molecule has 2 aromatic heterocycles. The Kier molecular flexibility index (Phi) is 7.66. The van der Waals surface area contributed by atoms with Crippen LogP contribution in [0.4, 0.5) is 5.69 Å². The Hall–Kier alpha value is -3.56. The van der Waals surface area contributed by atoms with Gasteiger partial charge in [0.25, 0.3) is 5.91 Å². The summed E-state index contributed by atoms with van der Waals surface area (Å²) in [6, 6.07) is 19.5. The van der Waals surface area contributed by atoms with Crippen molar-refractivity contribution in [3.63, 3.8) is 0 Å². The quantitative estimate of drug-likeness (QED) is 0.376. The van der Waals surface area contributed by atoms with E-state index in [9.17, 15) is 9.59 Å². The molecule has 0 saturated heterocycles. The van der Waals surface area contributed by atoms with Gasteiger partial charge >= 0.3 is 0 Å². The van der Waals surface area contributed by atoms with E-state index in [2.05, 4.69) is 20.7 Å². The first-order valence-electron chi connectivity index (χ1n) is 10.8. The highest BCUT2D eigenvalue weighted by Gasteiger charge is 2.30. The summed E-state index contributed by atoms with van der Waals surface area (Å²) in [5.74, 6) is -0.131. The van der Waals surface area contributed by atoms with Gasteiger partial charge in [0.1, 0.15) is 12.6 Å². The number of benzene rings is 2. The molecule has 2 amide bonds. The van der Waals surface area contributed by atoms with Crippen LogP contribution in [-0.4, -0.2) is 38.1 Å². The molecule has 1 atom stereocenters. The summed E-state index contributed by atoms with van der Waals surface area (Å²) in [6.07, 6.45) is 0.417. The topological polar surface area (TPSA) is 93.0 Å². The molecule has 34 heavy (non-hydrogen) atoms. The third-order valence-corrected chi connectivity index (χ3v) is 6.27. The Bertz CT molecular complexity index is 1230. The molecular formula is C24H23ClN6O2S. The van der Waals surface area contributed by atoms with Crippen LogP contribution in [0.2, 0.25) is 5.02 Å². The molecule has 0 radical (unpaired) electrons. The minimum absolute atomic E-state index is 0.163. The zero-order valence-corrected chi connectivity index (χ0v) is 20.0. The summed E-state index contributed by atoms with van der Waals surface area (Å²) in [4.78, 5) is 30.2. The van der Waals surface area contributed by atoms with Gasteiger partial charge in [-0.25, -0.2) is 0 Å². The Morgan fingerprint density at radius 2 is 1.85 bits per heavy atom. The van der Waals surface area contributed by atoms with Gasteiger partial charge in [0.15, 0.2) is 0 Å². The summed E-state index contributed by atoms with van der Waals surface area (Å²) in [5.41, 5.74) is 1.54. The van der Waals surface area contributed by atoms with Gasteiger partial charge in [-0.2, -0.15) is 4.80 Å². The maximum Gasteiger partial charge on any atom is 0.251 e. The molecule has 0 unspecified atom stereocenters. The number of aromatic nitrogens is 4. The number of tetrazole rings is 1. The Morgan fingerprint density at radius 3 is 2.53 bits per heavy atom. The number of halogens is 1. The molecule has 0 aliphatic heterocycles. The number of hydrogen-bond acceptors (Lipinski definition) is 6. The lowest BCUT2D eigenvalue weighted by Crippen LogP contribution is -2.50. The standard InChI is InChI=1S/C24H23ClN6O2S/c1-2-20(24(33)26-15-17-7-4-3-5-8-17)31(19-12-10-18(25)11-13-19)22(32)16-30-28-23(27-29-30)21-9-6-14-34-21/h3-14,20H,2,15-16H2,1H3,(H,26,33)/t20-/m1/s1. The average molecular weight is 495 g/mol. The number of hydrogen-bond donors (Lipinski definition) is 1. The van der Waals surface area contributed by atoms with Crippen LogP contribution >= 0.6 is 22.9 Å². The second-order valence-electron chi connectivity index (χ2n) is 7.49. The minimum atomic E-state index is -0.724. The lowest BCUT2D eigenvalue weighted by atomic mass is 10.1. The zero-order chi connectivity index (χ0) is 23.9. The van der Waals surface area contributed by atoms with Gasteiger partial charge in [-0.05, 0) is 52.9 Å². The number of thiophene rings is 1.